The molecule has 6 heteroatoms. The Labute approximate surface area is 111 Å². The minimum Gasteiger partial charge on any atom is -0.395 e. The largest absolute Gasteiger partial charge is 0.395 e. The van der Waals surface area contributed by atoms with E-state index < -0.39 is 10.0 Å². The minimum atomic E-state index is -3.21. The van der Waals surface area contributed by atoms with Crippen molar-refractivity contribution in [3.05, 3.63) is 0 Å². The van der Waals surface area contributed by atoms with Crippen LogP contribution in [0.3, 0.4) is 0 Å². The van der Waals surface area contributed by atoms with Gasteiger partial charge in [-0.05, 0) is 25.8 Å². The lowest BCUT2D eigenvalue weighted by Gasteiger charge is -2.33. The second kappa shape index (κ2) is 7.43. The Morgan fingerprint density at radius 3 is 2.72 bits per heavy atom. The molecule has 1 saturated heterocycles. The molecule has 0 amide bonds. The summed E-state index contributed by atoms with van der Waals surface area (Å²) < 4.78 is 25.9. The molecule has 0 aromatic rings. The van der Waals surface area contributed by atoms with Gasteiger partial charge in [-0.15, -0.1) is 0 Å². The lowest BCUT2D eigenvalue weighted by atomic mass is 10.1. The maximum absolute atomic E-state index is 12.2. The van der Waals surface area contributed by atoms with E-state index in [1.54, 1.807) is 0 Å². The Hall–Kier alpha value is -0.170. The third-order valence-electron chi connectivity index (χ3n) is 3.27. The summed E-state index contributed by atoms with van der Waals surface area (Å²) in [5.74, 6) is 0.170. The predicted molar refractivity (Wildman–Crippen MR) is 73.0 cm³/mol. The van der Waals surface area contributed by atoms with Crippen LogP contribution in [0.2, 0.25) is 0 Å². The first-order valence-corrected chi connectivity index (χ1v) is 8.42. The summed E-state index contributed by atoms with van der Waals surface area (Å²) in [5, 5.41) is 12.5. The summed E-state index contributed by atoms with van der Waals surface area (Å²) in [6, 6.07) is 0.176. The molecule has 0 saturated carbocycles. The van der Waals surface area contributed by atoms with Crippen molar-refractivity contribution < 1.29 is 13.5 Å². The topological polar surface area (TPSA) is 69.6 Å². The molecule has 0 aromatic heterocycles. The van der Waals surface area contributed by atoms with Crippen molar-refractivity contribution in [2.45, 2.75) is 51.6 Å². The number of nitrogens with zero attached hydrogens (tertiary/aromatic N) is 1. The summed E-state index contributed by atoms with van der Waals surface area (Å²) in [7, 11) is -3.21. The second-order valence-corrected chi connectivity index (χ2v) is 7.26. The molecule has 5 nitrogen and oxygen atoms in total. The zero-order valence-electron chi connectivity index (χ0n) is 11.4. The van der Waals surface area contributed by atoms with Gasteiger partial charge in [-0.3, -0.25) is 0 Å². The smallest absolute Gasteiger partial charge is 0.214 e. The molecule has 0 spiro atoms. The maximum atomic E-state index is 12.2. The Balaban J connectivity index is 2.46. The van der Waals surface area contributed by atoms with Gasteiger partial charge in [-0.25, -0.2) is 8.42 Å². The summed E-state index contributed by atoms with van der Waals surface area (Å²) in [4.78, 5) is 0. The zero-order chi connectivity index (χ0) is 13.6. The third-order valence-corrected chi connectivity index (χ3v) is 5.27. The molecule has 1 unspecified atom stereocenters. The third kappa shape index (κ3) is 4.84. The van der Waals surface area contributed by atoms with E-state index in [0.717, 1.165) is 19.3 Å². The molecule has 2 N–H and O–H groups in total. The molecule has 1 fully saturated rings. The Morgan fingerprint density at radius 1 is 1.39 bits per heavy atom. The molecule has 1 atom stereocenters. The van der Waals surface area contributed by atoms with Crippen LogP contribution in [0.1, 0.15) is 39.5 Å². The van der Waals surface area contributed by atoms with Crippen LogP contribution in [-0.2, 0) is 10.0 Å². The van der Waals surface area contributed by atoms with Crippen LogP contribution in [0.15, 0.2) is 0 Å². The van der Waals surface area contributed by atoms with Gasteiger partial charge in [-0.1, -0.05) is 20.3 Å². The van der Waals surface area contributed by atoms with Crippen molar-refractivity contribution >= 4 is 10.0 Å². The summed E-state index contributed by atoms with van der Waals surface area (Å²) >= 11 is 0. The van der Waals surface area contributed by atoms with Crippen molar-refractivity contribution in [1.29, 1.82) is 0 Å². The molecular formula is C12H26N2O3S. The van der Waals surface area contributed by atoms with Crippen LogP contribution in [-0.4, -0.2) is 55.4 Å². The van der Waals surface area contributed by atoms with E-state index in [1.807, 2.05) is 13.8 Å². The van der Waals surface area contributed by atoms with Crippen molar-refractivity contribution in [2.75, 3.05) is 25.4 Å². The molecule has 1 aliphatic rings. The number of piperidine rings is 1. The first kappa shape index (κ1) is 15.9. The highest BCUT2D eigenvalue weighted by Crippen LogP contribution is 2.20. The van der Waals surface area contributed by atoms with E-state index in [2.05, 4.69) is 5.32 Å². The second-order valence-electron chi connectivity index (χ2n) is 5.22. The maximum Gasteiger partial charge on any atom is 0.214 e. The number of aliphatic hydroxyl groups excluding tert-OH is 1. The molecule has 0 radical (unpaired) electrons. The Kier molecular flexibility index (Phi) is 6.55. The van der Waals surface area contributed by atoms with E-state index in [9.17, 15) is 13.5 Å². The van der Waals surface area contributed by atoms with Crippen LogP contribution >= 0.6 is 0 Å². The van der Waals surface area contributed by atoms with Gasteiger partial charge in [-0.2, -0.15) is 4.31 Å². The molecule has 108 valence electrons. The number of hydrogen-bond acceptors (Lipinski definition) is 4. The normalized spacial score (nSPS) is 22.6. The van der Waals surface area contributed by atoms with Crippen molar-refractivity contribution in [1.82, 2.24) is 9.62 Å². The van der Waals surface area contributed by atoms with Crippen molar-refractivity contribution in [3.8, 4) is 0 Å². The van der Waals surface area contributed by atoms with E-state index in [0.29, 0.717) is 25.6 Å². The number of sulfonamides is 1. The molecule has 0 aliphatic carbocycles. The van der Waals surface area contributed by atoms with Gasteiger partial charge >= 0.3 is 0 Å². The van der Waals surface area contributed by atoms with Gasteiger partial charge in [0.2, 0.25) is 10.0 Å². The van der Waals surface area contributed by atoms with Gasteiger partial charge in [0.05, 0.1) is 12.4 Å². The highest BCUT2D eigenvalue weighted by molar-refractivity contribution is 7.89. The molecule has 1 rings (SSSR count). The van der Waals surface area contributed by atoms with Crippen molar-refractivity contribution in [3.63, 3.8) is 0 Å². The first-order chi connectivity index (χ1) is 8.47. The average Bonchev–Trinajstić information content (AvgIpc) is 2.34. The first-order valence-electron chi connectivity index (χ1n) is 6.81. The fourth-order valence-corrected chi connectivity index (χ4v) is 4.06. The van der Waals surface area contributed by atoms with Crippen LogP contribution in [0.5, 0.6) is 0 Å². The van der Waals surface area contributed by atoms with Gasteiger partial charge < -0.3 is 10.4 Å². The van der Waals surface area contributed by atoms with E-state index >= 15 is 0 Å². The van der Waals surface area contributed by atoms with Crippen LogP contribution < -0.4 is 5.32 Å². The highest BCUT2D eigenvalue weighted by Gasteiger charge is 2.31. The Morgan fingerprint density at radius 2 is 2.11 bits per heavy atom. The van der Waals surface area contributed by atoms with Crippen LogP contribution in [0, 0.1) is 0 Å². The monoisotopic (exact) mass is 278 g/mol. The number of nitrogens with one attached hydrogen (secondary N) is 1. The highest BCUT2D eigenvalue weighted by atomic mass is 32.2. The number of rotatable bonds is 7. The van der Waals surface area contributed by atoms with E-state index in [-0.39, 0.29) is 18.4 Å². The molecule has 1 aliphatic heterocycles. The molecule has 1 heterocycles. The Bertz CT molecular complexity index is 330. The van der Waals surface area contributed by atoms with Gasteiger partial charge in [0.15, 0.2) is 0 Å². The number of hydrogen-bond donors (Lipinski definition) is 2. The van der Waals surface area contributed by atoms with Crippen molar-refractivity contribution in [2.24, 2.45) is 0 Å². The van der Waals surface area contributed by atoms with Gasteiger partial charge in [0.1, 0.15) is 0 Å². The van der Waals surface area contributed by atoms with Crippen LogP contribution in [0.25, 0.3) is 0 Å². The fraction of sp³-hybridized carbons (Fsp3) is 1.00. The fourth-order valence-electron chi connectivity index (χ4n) is 2.29. The summed E-state index contributed by atoms with van der Waals surface area (Å²) in [6.07, 6.45) is 3.31. The standard InChI is InChI=1S/C12H26N2O3S/c1-11(2)13-7-5-9-18(16,17)14-8-4-3-6-12(14)10-15/h11-13,15H,3-10H2,1-2H3. The van der Waals surface area contributed by atoms with E-state index in [1.165, 1.54) is 4.31 Å². The SMILES string of the molecule is CC(C)NCCCS(=O)(=O)N1CCCCC1CO. The van der Waals surface area contributed by atoms with E-state index in [4.69, 9.17) is 0 Å². The van der Waals surface area contributed by atoms with Crippen LogP contribution in [0.4, 0.5) is 0 Å². The lowest BCUT2D eigenvalue weighted by Crippen LogP contribution is -2.46. The molecule has 0 aromatic carbocycles. The summed E-state index contributed by atoms with van der Waals surface area (Å²) in [5.41, 5.74) is 0. The van der Waals surface area contributed by atoms with Gasteiger partial charge in [0, 0.05) is 18.6 Å². The van der Waals surface area contributed by atoms with Gasteiger partial charge in [0.25, 0.3) is 0 Å². The summed E-state index contributed by atoms with van der Waals surface area (Å²) in [6.45, 7) is 5.30. The molecule has 0 bridgehead atoms. The zero-order valence-corrected chi connectivity index (χ0v) is 12.2. The quantitative estimate of drug-likeness (QED) is 0.667. The predicted octanol–water partition coefficient (Wildman–Crippen LogP) is 0.551. The lowest BCUT2D eigenvalue weighted by molar-refractivity contribution is 0.155. The average molecular weight is 278 g/mol. The number of aliphatic hydroxyl groups is 1. The molecule has 18 heavy (non-hydrogen) atoms. The molecular weight excluding hydrogens is 252 g/mol. The minimum absolute atomic E-state index is 0.0660.